The van der Waals surface area contributed by atoms with Gasteiger partial charge in [-0.05, 0) is 105 Å². The minimum absolute atomic E-state index is 0.0473. The van der Waals surface area contributed by atoms with Crippen LogP contribution in [-0.2, 0) is 10.8 Å². The summed E-state index contributed by atoms with van der Waals surface area (Å²) < 4.78 is 6.80. The number of benzene rings is 7. The summed E-state index contributed by atoms with van der Waals surface area (Å²) >= 11 is 0. The van der Waals surface area contributed by atoms with Crippen LogP contribution in [0.15, 0.2) is 162 Å². The molecule has 3 nitrogen and oxygen atoms in total. The maximum Gasteiger partial charge on any atom is 0.160 e. The molecule has 1 saturated carbocycles. The fourth-order valence-corrected chi connectivity index (χ4v) is 10.9. The Hall–Kier alpha value is -6.58. The molecule has 0 amide bonds. The summed E-state index contributed by atoms with van der Waals surface area (Å²) in [5.74, 6) is 0.694. The predicted molar refractivity (Wildman–Crippen MR) is 238 cm³/mol. The number of aromatic nitrogens is 2. The first-order valence-electron chi connectivity index (χ1n) is 20.9. The first kappa shape index (κ1) is 33.5. The molecule has 9 aromatic rings. The highest BCUT2D eigenvalue weighted by Crippen LogP contribution is 2.61. The maximum atomic E-state index is 6.80. The first-order chi connectivity index (χ1) is 28.5. The highest BCUT2D eigenvalue weighted by Gasteiger charge is 2.47. The van der Waals surface area contributed by atoms with Crippen LogP contribution in [0.5, 0.6) is 0 Å². The van der Waals surface area contributed by atoms with Gasteiger partial charge in [-0.25, -0.2) is 9.97 Å². The molecular weight excluding hydrogens is 705 g/mol. The van der Waals surface area contributed by atoms with Crippen molar-refractivity contribution in [2.24, 2.45) is 0 Å². The lowest BCUT2D eigenvalue weighted by molar-refractivity contribution is 0.353. The van der Waals surface area contributed by atoms with Gasteiger partial charge in [0.25, 0.3) is 0 Å². The van der Waals surface area contributed by atoms with Gasteiger partial charge in [0.15, 0.2) is 5.82 Å². The van der Waals surface area contributed by atoms with Gasteiger partial charge in [-0.2, -0.15) is 0 Å². The second-order valence-corrected chi connectivity index (χ2v) is 17.2. The van der Waals surface area contributed by atoms with Gasteiger partial charge in [0, 0.05) is 38.3 Å². The normalized spacial score (nSPS) is 15.7. The van der Waals surface area contributed by atoms with E-state index in [-0.39, 0.29) is 10.8 Å². The third-order valence-electron chi connectivity index (χ3n) is 13.7. The van der Waals surface area contributed by atoms with E-state index in [0.29, 0.717) is 5.82 Å². The van der Waals surface area contributed by atoms with Crippen LogP contribution in [-0.4, -0.2) is 9.97 Å². The second-order valence-electron chi connectivity index (χ2n) is 17.2. The fourth-order valence-electron chi connectivity index (χ4n) is 10.9. The molecule has 3 heteroatoms. The molecule has 0 atom stereocenters. The monoisotopic (exact) mass is 746 g/mol. The summed E-state index contributed by atoms with van der Waals surface area (Å²) in [4.78, 5) is 10.2. The van der Waals surface area contributed by atoms with Gasteiger partial charge in [-0.15, -0.1) is 0 Å². The van der Waals surface area contributed by atoms with Crippen molar-refractivity contribution < 1.29 is 4.42 Å². The summed E-state index contributed by atoms with van der Waals surface area (Å²) in [7, 11) is 0. The smallest absolute Gasteiger partial charge is 0.160 e. The Balaban J connectivity index is 1.04. The highest BCUT2D eigenvalue weighted by molar-refractivity contribution is 6.11. The molecule has 0 saturated heterocycles. The van der Waals surface area contributed by atoms with E-state index in [1.165, 1.54) is 87.7 Å². The van der Waals surface area contributed by atoms with Crippen LogP contribution >= 0.6 is 0 Å². The first-order valence-corrected chi connectivity index (χ1v) is 20.9. The Morgan fingerprint density at radius 1 is 0.448 bits per heavy atom. The predicted octanol–water partition coefficient (Wildman–Crippen LogP) is 14.6. The van der Waals surface area contributed by atoms with E-state index in [1.807, 2.05) is 24.3 Å². The summed E-state index contributed by atoms with van der Waals surface area (Å²) in [5.41, 5.74) is 20.6. The van der Waals surface area contributed by atoms with Gasteiger partial charge in [-0.3, -0.25) is 0 Å². The topological polar surface area (TPSA) is 38.9 Å². The molecule has 2 aromatic heterocycles. The average Bonchev–Trinajstić information content (AvgIpc) is 3.86. The van der Waals surface area contributed by atoms with Crippen molar-refractivity contribution in [1.82, 2.24) is 9.97 Å². The molecule has 0 radical (unpaired) electrons. The van der Waals surface area contributed by atoms with Crippen LogP contribution in [0.4, 0.5) is 0 Å². The van der Waals surface area contributed by atoms with Crippen LogP contribution in [0.1, 0.15) is 68.2 Å². The Labute approximate surface area is 339 Å². The van der Waals surface area contributed by atoms with E-state index in [4.69, 9.17) is 14.4 Å². The Morgan fingerprint density at radius 2 is 1.12 bits per heavy atom. The number of fused-ring (bicyclic) bond motifs is 11. The third kappa shape index (κ3) is 4.80. The van der Waals surface area contributed by atoms with E-state index in [0.717, 1.165) is 50.0 Å². The van der Waals surface area contributed by atoms with E-state index >= 15 is 0 Å². The van der Waals surface area contributed by atoms with Crippen molar-refractivity contribution in [2.75, 3.05) is 0 Å². The zero-order valence-corrected chi connectivity index (χ0v) is 32.8. The average molecular weight is 747 g/mol. The number of rotatable bonds is 4. The van der Waals surface area contributed by atoms with E-state index in [1.54, 1.807) is 0 Å². The van der Waals surface area contributed by atoms with Gasteiger partial charge in [-0.1, -0.05) is 154 Å². The Kier molecular flexibility index (Phi) is 7.21. The van der Waals surface area contributed by atoms with Gasteiger partial charge < -0.3 is 4.42 Å². The largest absolute Gasteiger partial charge is 0.455 e. The second kappa shape index (κ2) is 12.5. The zero-order chi connectivity index (χ0) is 38.6. The van der Waals surface area contributed by atoms with Gasteiger partial charge in [0.1, 0.15) is 11.2 Å². The summed E-state index contributed by atoms with van der Waals surface area (Å²) in [6, 6.07) is 57.3. The minimum atomic E-state index is -0.0574. The van der Waals surface area contributed by atoms with Crippen molar-refractivity contribution in [3.05, 3.63) is 180 Å². The van der Waals surface area contributed by atoms with Crippen molar-refractivity contribution in [3.8, 4) is 67.3 Å². The zero-order valence-electron chi connectivity index (χ0n) is 32.8. The quantitative estimate of drug-likeness (QED) is 0.180. The fraction of sp³-hybridized carbons (Fsp3) is 0.164. The molecule has 0 N–H and O–H groups in total. The highest BCUT2D eigenvalue weighted by atomic mass is 16.3. The number of nitrogens with zero attached hydrogens (tertiary/aromatic N) is 2. The summed E-state index contributed by atoms with van der Waals surface area (Å²) in [6.45, 7) is 4.81. The molecule has 278 valence electrons. The molecule has 3 aliphatic carbocycles. The molecular formula is C55H42N2O. The number of hydrogen-bond donors (Lipinski definition) is 0. The Morgan fingerprint density at radius 3 is 1.95 bits per heavy atom. The number of furan rings is 1. The van der Waals surface area contributed by atoms with Gasteiger partial charge >= 0.3 is 0 Å². The Bertz CT molecular complexity index is 3050. The third-order valence-corrected chi connectivity index (χ3v) is 13.7. The molecule has 0 aliphatic heterocycles. The van der Waals surface area contributed by atoms with Crippen molar-refractivity contribution in [2.45, 2.75) is 56.8 Å². The summed E-state index contributed by atoms with van der Waals surface area (Å²) in [5, 5.41) is 2.20. The van der Waals surface area contributed by atoms with Crippen LogP contribution < -0.4 is 0 Å². The molecule has 0 bridgehead atoms. The van der Waals surface area contributed by atoms with E-state index < -0.39 is 0 Å². The molecule has 3 aliphatic rings. The van der Waals surface area contributed by atoms with Crippen molar-refractivity contribution >= 4 is 21.9 Å². The standard InChI is InChI=1S/C55H42N2O/c1-54(2)44-24-11-10-20-38(44)41-31-47-43(32-46(41)54)51-37(21-15-25-45(51)55(47)28-12-5-13-29-55)36-26-27-50-42(30-36)39-22-14-23-40(52(39)58-50)49-33-48(34-16-6-3-7-17-34)56-53(57-49)35-18-8-4-9-19-35/h3-4,6-11,14-27,30-33H,5,12-13,28-29H2,1-2H3. The number of para-hydroxylation sites is 1. The van der Waals surface area contributed by atoms with Crippen molar-refractivity contribution in [1.29, 1.82) is 0 Å². The minimum Gasteiger partial charge on any atom is -0.455 e. The van der Waals surface area contributed by atoms with Crippen LogP contribution in [0.25, 0.3) is 89.2 Å². The summed E-state index contributed by atoms with van der Waals surface area (Å²) in [6.07, 6.45) is 6.26. The van der Waals surface area contributed by atoms with Crippen LogP contribution in [0.2, 0.25) is 0 Å². The van der Waals surface area contributed by atoms with Gasteiger partial charge in [0.05, 0.1) is 11.4 Å². The maximum absolute atomic E-state index is 6.80. The van der Waals surface area contributed by atoms with Gasteiger partial charge in [0.2, 0.25) is 0 Å². The molecule has 12 rings (SSSR count). The lowest BCUT2D eigenvalue weighted by Crippen LogP contribution is -2.28. The lowest BCUT2D eigenvalue weighted by Gasteiger charge is -2.36. The molecule has 7 aromatic carbocycles. The van der Waals surface area contributed by atoms with Crippen LogP contribution in [0.3, 0.4) is 0 Å². The molecule has 0 unspecified atom stereocenters. The lowest BCUT2D eigenvalue weighted by atomic mass is 9.67. The van der Waals surface area contributed by atoms with Crippen LogP contribution in [0, 0.1) is 0 Å². The molecule has 2 heterocycles. The molecule has 1 fully saturated rings. The van der Waals surface area contributed by atoms with Crippen molar-refractivity contribution in [3.63, 3.8) is 0 Å². The molecule has 1 spiro atoms. The van der Waals surface area contributed by atoms with E-state index in [2.05, 4.69) is 147 Å². The van der Waals surface area contributed by atoms with E-state index in [9.17, 15) is 0 Å². The SMILES string of the molecule is CC1(C)c2ccccc2-c2cc3c(cc21)-c1c(-c2ccc4oc5c(-c6cc(-c7ccccc7)nc(-c7ccccc7)n6)cccc5c4c2)cccc1C31CCCCC1. The molecule has 58 heavy (non-hydrogen) atoms. The number of hydrogen-bond acceptors (Lipinski definition) is 3.